The van der Waals surface area contributed by atoms with Crippen LogP contribution in [0.5, 0.6) is 0 Å². The van der Waals surface area contributed by atoms with Crippen molar-refractivity contribution in [3.05, 3.63) is 54.4 Å². The molecule has 104 valence electrons. The molecule has 3 nitrogen and oxygen atoms in total. The Labute approximate surface area is 120 Å². The van der Waals surface area contributed by atoms with Gasteiger partial charge in [-0.05, 0) is 61.7 Å². The molecule has 2 aromatic rings. The summed E-state index contributed by atoms with van der Waals surface area (Å²) in [6.07, 6.45) is 6.31. The molecule has 1 aromatic heterocycles. The minimum atomic E-state index is 0.288. The monoisotopic (exact) mass is 267 g/mol. The van der Waals surface area contributed by atoms with Crippen LogP contribution in [0.2, 0.25) is 0 Å². The van der Waals surface area contributed by atoms with Crippen molar-refractivity contribution in [2.24, 2.45) is 0 Å². The lowest BCUT2D eigenvalue weighted by molar-refractivity contribution is 0.880. The van der Waals surface area contributed by atoms with Crippen LogP contribution in [-0.4, -0.2) is 18.1 Å². The summed E-state index contributed by atoms with van der Waals surface area (Å²) in [7, 11) is 0. The Bertz CT molecular complexity index is 530. The minimum Gasteiger partial charge on any atom is -0.379 e. The molecule has 1 fully saturated rings. The van der Waals surface area contributed by atoms with Crippen molar-refractivity contribution < 1.29 is 0 Å². The Kier molecular flexibility index (Phi) is 3.86. The summed E-state index contributed by atoms with van der Waals surface area (Å²) >= 11 is 0. The van der Waals surface area contributed by atoms with Crippen LogP contribution in [0.4, 0.5) is 11.4 Å². The smallest absolute Gasteiger partial charge is 0.0486 e. The molecule has 3 heteroatoms. The van der Waals surface area contributed by atoms with Crippen molar-refractivity contribution in [3.63, 3.8) is 0 Å². The molecule has 0 spiro atoms. The molecule has 1 atom stereocenters. The Morgan fingerprint density at radius 1 is 1.00 bits per heavy atom. The fraction of sp³-hybridized carbons (Fsp3) is 0.353. The van der Waals surface area contributed by atoms with Gasteiger partial charge in [0.25, 0.3) is 0 Å². The molecular weight excluding hydrogens is 246 g/mol. The van der Waals surface area contributed by atoms with Gasteiger partial charge in [-0.3, -0.25) is 4.98 Å². The molecule has 0 aliphatic carbocycles. The van der Waals surface area contributed by atoms with Crippen LogP contribution in [0.3, 0.4) is 0 Å². The van der Waals surface area contributed by atoms with Crippen molar-refractivity contribution in [1.29, 1.82) is 0 Å². The van der Waals surface area contributed by atoms with E-state index in [1.165, 1.54) is 37.2 Å². The summed E-state index contributed by atoms with van der Waals surface area (Å²) in [6, 6.07) is 13.2. The fourth-order valence-corrected chi connectivity index (χ4v) is 2.73. The molecule has 0 radical (unpaired) electrons. The summed E-state index contributed by atoms with van der Waals surface area (Å²) in [4.78, 5) is 6.51. The van der Waals surface area contributed by atoms with E-state index in [2.05, 4.69) is 58.5 Å². The second kappa shape index (κ2) is 5.95. The maximum Gasteiger partial charge on any atom is 0.0486 e. The average molecular weight is 267 g/mol. The number of hydrogen-bond acceptors (Lipinski definition) is 3. The van der Waals surface area contributed by atoms with E-state index in [0.717, 1.165) is 5.69 Å². The first-order chi connectivity index (χ1) is 9.83. The number of pyridine rings is 1. The molecule has 1 saturated heterocycles. The summed E-state index contributed by atoms with van der Waals surface area (Å²) in [5.74, 6) is 0. The van der Waals surface area contributed by atoms with Crippen molar-refractivity contribution in [2.45, 2.75) is 25.8 Å². The summed E-state index contributed by atoms with van der Waals surface area (Å²) in [6.45, 7) is 4.56. The molecule has 1 aliphatic rings. The summed E-state index contributed by atoms with van der Waals surface area (Å²) < 4.78 is 0. The van der Waals surface area contributed by atoms with E-state index in [1.54, 1.807) is 0 Å². The van der Waals surface area contributed by atoms with Crippen LogP contribution in [0.25, 0.3) is 0 Å². The van der Waals surface area contributed by atoms with Crippen molar-refractivity contribution in [3.8, 4) is 0 Å². The first kappa shape index (κ1) is 13.0. The lowest BCUT2D eigenvalue weighted by Crippen LogP contribution is -2.17. The number of nitrogens with zero attached hydrogens (tertiary/aromatic N) is 2. The van der Waals surface area contributed by atoms with E-state index in [1.807, 2.05) is 12.4 Å². The molecule has 0 saturated carbocycles. The maximum atomic E-state index is 4.06. The Morgan fingerprint density at radius 2 is 1.65 bits per heavy atom. The molecule has 0 amide bonds. The third-order valence-corrected chi connectivity index (χ3v) is 3.93. The highest BCUT2D eigenvalue weighted by molar-refractivity contribution is 5.56. The Hall–Kier alpha value is -2.03. The third kappa shape index (κ3) is 2.93. The van der Waals surface area contributed by atoms with Gasteiger partial charge in [-0.2, -0.15) is 0 Å². The third-order valence-electron chi connectivity index (χ3n) is 3.93. The van der Waals surface area contributed by atoms with E-state index in [0.29, 0.717) is 0 Å². The first-order valence-corrected chi connectivity index (χ1v) is 7.34. The zero-order valence-corrected chi connectivity index (χ0v) is 11.9. The quantitative estimate of drug-likeness (QED) is 0.912. The molecule has 2 heterocycles. The van der Waals surface area contributed by atoms with Crippen LogP contribution in [0.1, 0.15) is 31.4 Å². The predicted molar refractivity (Wildman–Crippen MR) is 84.2 cm³/mol. The van der Waals surface area contributed by atoms with E-state index >= 15 is 0 Å². The second-order valence-electron chi connectivity index (χ2n) is 5.39. The molecule has 1 N–H and O–H groups in total. The lowest BCUT2D eigenvalue weighted by Gasteiger charge is -2.19. The Balaban J connectivity index is 1.66. The van der Waals surface area contributed by atoms with Crippen LogP contribution < -0.4 is 10.2 Å². The van der Waals surface area contributed by atoms with Gasteiger partial charge in [0.05, 0.1) is 0 Å². The van der Waals surface area contributed by atoms with Crippen LogP contribution in [0, 0.1) is 0 Å². The zero-order chi connectivity index (χ0) is 13.8. The highest BCUT2D eigenvalue weighted by atomic mass is 15.1. The zero-order valence-electron chi connectivity index (χ0n) is 11.9. The van der Waals surface area contributed by atoms with Gasteiger partial charge < -0.3 is 10.2 Å². The predicted octanol–water partition coefficient (Wildman–Crippen LogP) is 3.85. The molecule has 1 unspecified atom stereocenters. The fourth-order valence-electron chi connectivity index (χ4n) is 2.73. The SMILES string of the molecule is CC(Nc1ccc(N2CCCC2)cc1)c1ccncc1. The summed E-state index contributed by atoms with van der Waals surface area (Å²) in [5, 5.41) is 3.53. The Morgan fingerprint density at radius 3 is 2.30 bits per heavy atom. The van der Waals surface area contributed by atoms with E-state index in [9.17, 15) is 0 Å². The van der Waals surface area contributed by atoms with Crippen molar-refractivity contribution in [1.82, 2.24) is 4.98 Å². The summed E-state index contributed by atoms with van der Waals surface area (Å²) in [5.41, 5.74) is 3.76. The second-order valence-corrected chi connectivity index (χ2v) is 5.39. The molecule has 0 bridgehead atoms. The molecule has 1 aromatic carbocycles. The number of rotatable bonds is 4. The van der Waals surface area contributed by atoms with E-state index < -0.39 is 0 Å². The van der Waals surface area contributed by atoms with Gasteiger partial charge in [-0.1, -0.05) is 0 Å². The van der Waals surface area contributed by atoms with Gasteiger partial charge in [-0.15, -0.1) is 0 Å². The maximum absolute atomic E-state index is 4.06. The topological polar surface area (TPSA) is 28.2 Å². The van der Waals surface area contributed by atoms with Crippen LogP contribution >= 0.6 is 0 Å². The first-order valence-electron chi connectivity index (χ1n) is 7.34. The number of nitrogens with one attached hydrogen (secondary N) is 1. The normalized spacial score (nSPS) is 16.1. The number of anilines is 2. The number of aromatic nitrogens is 1. The van der Waals surface area contributed by atoms with Gasteiger partial charge in [0.2, 0.25) is 0 Å². The minimum absolute atomic E-state index is 0.288. The average Bonchev–Trinajstić information content (AvgIpc) is 3.03. The van der Waals surface area contributed by atoms with Crippen LogP contribution in [-0.2, 0) is 0 Å². The molecule has 20 heavy (non-hydrogen) atoms. The largest absolute Gasteiger partial charge is 0.379 e. The standard InChI is InChI=1S/C17H21N3/c1-14(15-8-10-18-11-9-15)19-16-4-6-17(7-5-16)20-12-2-3-13-20/h4-11,14,19H,2-3,12-13H2,1H3. The molecule has 1 aliphatic heterocycles. The van der Waals surface area contributed by atoms with Gasteiger partial charge >= 0.3 is 0 Å². The van der Waals surface area contributed by atoms with Gasteiger partial charge in [0, 0.05) is 42.9 Å². The highest BCUT2D eigenvalue weighted by Gasteiger charge is 2.12. The van der Waals surface area contributed by atoms with Crippen LogP contribution in [0.15, 0.2) is 48.8 Å². The van der Waals surface area contributed by atoms with Crippen molar-refractivity contribution >= 4 is 11.4 Å². The van der Waals surface area contributed by atoms with E-state index in [4.69, 9.17) is 0 Å². The number of benzene rings is 1. The van der Waals surface area contributed by atoms with Gasteiger partial charge in [0.15, 0.2) is 0 Å². The molecular formula is C17H21N3. The van der Waals surface area contributed by atoms with Crippen molar-refractivity contribution in [2.75, 3.05) is 23.3 Å². The molecule has 3 rings (SSSR count). The lowest BCUT2D eigenvalue weighted by atomic mass is 10.1. The van der Waals surface area contributed by atoms with Gasteiger partial charge in [0.1, 0.15) is 0 Å². The highest BCUT2D eigenvalue weighted by Crippen LogP contribution is 2.24. The number of hydrogen-bond donors (Lipinski definition) is 1. The van der Waals surface area contributed by atoms with E-state index in [-0.39, 0.29) is 6.04 Å². The van der Waals surface area contributed by atoms with Gasteiger partial charge in [-0.25, -0.2) is 0 Å².